The largest absolute Gasteiger partial charge is 0.346 e. The van der Waals surface area contributed by atoms with E-state index in [0.29, 0.717) is 10.0 Å². The number of amides is 2. The van der Waals surface area contributed by atoms with Gasteiger partial charge in [0.2, 0.25) is 11.8 Å². The minimum atomic E-state index is -0.380. The molecule has 0 unspecified atom stereocenters. The van der Waals surface area contributed by atoms with Gasteiger partial charge in [0.15, 0.2) is 8.68 Å². The average Bonchev–Trinajstić information content (AvgIpc) is 3.01. The Balaban J connectivity index is 1.69. The number of aromatic nitrogens is 2. The van der Waals surface area contributed by atoms with Crippen molar-refractivity contribution in [1.29, 1.82) is 0 Å². The van der Waals surface area contributed by atoms with Crippen molar-refractivity contribution in [3.8, 4) is 0 Å². The van der Waals surface area contributed by atoms with E-state index in [-0.39, 0.29) is 29.9 Å². The molecule has 6 nitrogen and oxygen atoms in total. The summed E-state index contributed by atoms with van der Waals surface area (Å²) in [4.78, 5) is 23.4. The Hall–Kier alpha value is -1.65. The zero-order valence-electron chi connectivity index (χ0n) is 12.0. The maximum Gasteiger partial charge on any atom is 0.243 e. The van der Waals surface area contributed by atoms with E-state index in [2.05, 4.69) is 20.8 Å². The summed E-state index contributed by atoms with van der Waals surface area (Å²) in [6, 6.07) is 5.39. The van der Waals surface area contributed by atoms with Crippen molar-refractivity contribution in [2.45, 2.75) is 8.68 Å². The number of nitrogens with one attached hydrogen (secondary N) is 2. The Bertz CT molecular complexity index is 678. The molecular weight excluding hydrogens is 359 g/mol. The number of rotatable bonds is 7. The van der Waals surface area contributed by atoms with Gasteiger partial charge in [-0.2, -0.15) is 0 Å². The van der Waals surface area contributed by atoms with Crippen LogP contribution in [0.25, 0.3) is 0 Å². The molecule has 0 atom stereocenters. The van der Waals surface area contributed by atoms with Crippen molar-refractivity contribution in [1.82, 2.24) is 15.5 Å². The number of anilines is 1. The molecule has 23 heavy (non-hydrogen) atoms. The van der Waals surface area contributed by atoms with E-state index in [4.69, 9.17) is 0 Å². The fourth-order valence-corrected chi connectivity index (χ4v) is 3.70. The Morgan fingerprint density at radius 2 is 1.87 bits per heavy atom. The van der Waals surface area contributed by atoms with Crippen LogP contribution >= 0.6 is 34.9 Å². The number of halogens is 1. The normalized spacial score (nSPS) is 10.3. The van der Waals surface area contributed by atoms with Gasteiger partial charge in [-0.25, -0.2) is 4.39 Å². The van der Waals surface area contributed by atoms with Crippen LogP contribution in [0.2, 0.25) is 0 Å². The topological polar surface area (TPSA) is 84.0 Å². The molecule has 2 amide bonds. The van der Waals surface area contributed by atoms with Gasteiger partial charge in [0.25, 0.3) is 0 Å². The van der Waals surface area contributed by atoms with Crippen molar-refractivity contribution in [2.24, 2.45) is 0 Å². The standard InChI is InChI=1S/C13H13FN4O2S3/c1-21-12-17-18-13(23-12)22-7-11(20)15-6-10(19)16-9-4-2-8(14)3-5-9/h2-5H,6-7H2,1H3,(H,15,20)(H,16,19). The molecule has 0 spiro atoms. The number of benzene rings is 1. The van der Waals surface area contributed by atoms with E-state index in [1.807, 2.05) is 6.26 Å². The lowest BCUT2D eigenvalue weighted by atomic mass is 10.3. The van der Waals surface area contributed by atoms with Crippen molar-refractivity contribution in [3.63, 3.8) is 0 Å². The summed E-state index contributed by atoms with van der Waals surface area (Å²) in [6.07, 6.45) is 1.90. The second-order valence-corrected chi connectivity index (χ2v) is 7.41. The molecule has 0 bridgehead atoms. The molecule has 0 aliphatic carbocycles. The van der Waals surface area contributed by atoms with E-state index in [9.17, 15) is 14.0 Å². The molecule has 2 rings (SSSR count). The van der Waals surface area contributed by atoms with Gasteiger partial charge >= 0.3 is 0 Å². The second kappa shape index (κ2) is 8.85. The predicted octanol–water partition coefficient (Wildman–Crippen LogP) is 2.25. The van der Waals surface area contributed by atoms with Crippen molar-refractivity contribution in [3.05, 3.63) is 30.1 Å². The molecule has 2 N–H and O–H groups in total. The van der Waals surface area contributed by atoms with E-state index < -0.39 is 0 Å². The van der Waals surface area contributed by atoms with Crippen LogP contribution < -0.4 is 10.6 Å². The number of thioether (sulfide) groups is 2. The molecule has 0 aliphatic heterocycles. The monoisotopic (exact) mass is 372 g/mol. The van der Waals surface area contributed by atoms with Crippen LogP contribution in [0.15, 0.2) is 32.9 Å². The van der Waals surface area contributed by atoms with Gasteiger partial charge in [-0.3, -0.25) is 9.59 Å². The minimum absolute atomic E-state index is 0.150. The van der Waals surface area contributed by atoms with E-state index >= 15 is 0 Å². The molecule has 0 saturated heterocycles. The molecule has 0 saturated carbocycles. The first-order chi connectivity index (χ1) is 11.1. The highest BCUT2D eigenvalue weighted by Crippen LogP contribution is 2.26. The maximum absolute atomic E-state index is 12.7. The highest BCUT2D eigenvalue weighted by molar-refractivity contribution is 8.03. The second-order valence-electron chi connectivity index (χ2n) is 4.16. The number of carbonyl (C=O) groups is 2. The van der Waals surface area contributed by atoms with Crippen LogP contribution in [0.5, 0.6) is 0 Å². The maximum atomic E-state index is 12.7. The van der Waals surface area contributed by atoms with Crippen LogP contribution in [0.1, 0.15) is 0 Å². The molecule has 122 valence electrons. The van der Waals surface area contributed by atoms with Gasteiger partial charge in [-0.15, -0.1) is 10.2 Å². The van der Waals surface area contributed by atoms with E-state index in [1.54, 1.807) is 0 Å². The number of hydrogen-bond acceptors (Lipinski definition) is 7. The van der Waals surface area contributed by atoms with Crippen LogP contribution in [0.3, 0.4) is 0 Å². The van der Waals surface area contributed by atoms with Gasteiger partial charge in [-0.1, -0.05) is 34.9 Å². The summed E-state index contributed by atoms with van der Waals surface area (Å²) in [5.41, 5.74) is 0.471. The lowest BCUT2D eigenvalue weighted by Crippen LogP contribution is -2.33. The lowest BCUT2D eigenvalue weighted by molar-refractivity contribution is -0.122. The summed E-state index contributed by atoms with van der Waals surface area (Å²) in [6.45, 7) is -0.150. The average molecular weight is 372 g/mol. The molecule has 1 aromatic carbocycles. The molecular formula is C13H13FN4O2S3. The van der Waals surface area contributed by atoms with Gasteiger partial charge < -0.3 is 10.6 Å². The summed E-state index contributed by atoms with van der Waals surface area (Å²) < 4.78 is 14.3. The van der Waals surface area contributed by atoms with Crippen LogP contribution in [0.4, 0.5) is 10.1 Å². The third-order valence-electron chi connectivity index (χ3n) is 2.46. The van der Waals surface area contributed by atoms with Crippen molar-refractivity contribution in [2.75, 3.05) is 23.9 Å². The summed E-state index contributed by atoms with van der Waals surface area (Å²) >= 11 is 4.18. The number of nitrogens with zero attached hydrogens (tertiary/aromatic N) is 2. The lowest BCUT2D eigenvalue weighted by Gasteiger charge is -2.06. The Morgan fingerprint density at radius 3 is 2.52 bits per heavy atom. The molecule has 1 aromatic heterocycles. The number of carbonyl (C=O) groups excluding carboxylic acids is 2. The van der Waals surface area contributed by atoms with Gasteiger partial charge in [0.05, 0.1) is 12.3 Å². The summed E-state index contributed by atoms with van der Waals surface area (Å²) in [5.74, 6) is -0.873. The van der Waals surface area contributed by atoms with Crippen LogP contribution in [-0.4, -0.2) is 40.6 Å². The number of hydrogen-bond donors (Lipinski definition) is 2. The molecule has 1 heterocycles. The summed E-state index contributed by atoms with van der Waals surface area (Å²) in [5, 5.41) is 12.9. The van der Waals surface area contributed by atoms with E-state index in [1.165, 1.54) is 59.1 Å². The zero-order chi connectivity index (χ0) is 16.7. The fourth-order valence-electron chi connectivity index (χ4n) is 1.43. The zero-order valence-corrected chi connectivity index (χ0v) is 14.5. The first kappa shape index (κ1) is 17.7. The third-order valence-corrected chi connectivity index (χ3v) is 5.50. The van der Waals surface area contributed by atoms with Gasteiger partial charge in [0, 0.05) is 5.69 Å². The van der Waals surface area contributed by atoms with Crippen LogP contribution in [-0.2, 0) is 9.59 Å². The third kappa shape index (κ3) is 6.16. The molecule has 0 radical (unpaired) electrons. The first-order valence-electron chi connectivity index (χ1n) is 6.39. The molecule has 10 heteroatoms. The molecule has 2 aromatic rings. The van der Waals surface area contributed by atoms with E-state index in [0.717, 1.165) is 4.34 Å². The van der Waals surface area contributed by atoms with Crippen molar-refractivity contribution >= 4 is 52.4 Å². The summed E-state index contributed by atoms with van der Waals surface area (Å²) in [7, 11) is 0. The first-order valence-corrected chi connectivity index (χ1v) is 9.42. The van der Waals surface area contributed by atoms with Crippen LogP contribution in [0, 0.1) is 5.82 Å². The molecule has 0 fully saturated rings. The van der Waals surface area contributed by atoms with Crippen molar-refractivity contribution < 1.29 is 14.0 Å². The Morgan fingerprint density at radius 1 is 1.17 bits per heavy atom. The fraction of sp³-hybridized carbons (Fsp3) is 0.231. The molecule has 0 aliphatic rings. The Kier molecular flexibility index (Phi) is 6.81. The smallest absolute Gasteiger partial charge is 0.243 e. The minimum Gasteiger partial charge on any atom is -0.346 e. The highest BCUT2D eigenvalue weighted by Gasteiger charge is 2.09. The Labute approximate surface area is 144 Å². The van der Waals surface area contributed by atoms with Gasteiger partial charge in [0.1, 0.15) is 5.82 Å². The quantitative estimate of drug-likeness (QED) is 0.725. The highest BCUT2D eigenvalue weighted by atomic mass is 32.2. The SMILES string of the molecule is CSc1nnc(SCC(=O)NCC(=O)Nc2ccc(F)cc2)s1. The van der Waals surface area contributed by atoms with Gasteiger partial charge in [-0.05, 0) is 30.5 Å². The predicted molar refractivity (Wildman–Crippen MR) is 90.5 cm³/mol.